The van der Waals surface area contributed by atoms with Gasteiger partial charge in [0.2, 0.25) is 10.0 Å². The number of hydrogen-bond donors (Lipinski definition) is 1. The van der Waals surface area contributed by atoms with Gasteiger partial charge in [-0.05, 0) is 44.4 Å². The lowest BCUT2D eigenvalue weighted by atomic mass is 10.1. The zero-order chi connectivity index (χ0) is 20.7. The van der Waals surface area contributed by atoms with E-state index in [1.165, 1.54) is 30.3 Å². The summed E-state index contributed by atoms with van der Waals surface area (Å²) in [4.78, 5) is 16.6. The molecule has 0 aromatic heterocycles. The van der Waals surface area contributed by atoms with Gasteiger partial charge in [-0.2, -0.15) is 0 Å². The second-order valence-electron chi connectivity index (χ2n) is 6.65. The number of nitrogens with zero attached hydrogens (tertiary/aromatic N) is 2. The van der Waals surface area contributed by atoms with Gasteiger partial charge in [-0.15, -0.1) is 0 Å². The Hall–Kier alpha value is -2.29. The molecule has 1 N–H and O–H groups in total. The quantitative estimate of drug-likeness (QED) is 0.693. The average molecular weight is 408 g/mol. The molecule has 152 valence electrons. The second kappa shape index (κ2) is 9.77. The van der Waals surface area contributed by atoms with Crippen LogP contribution in [0, 0.1) is 5.82 Å². The predicted molar refractivity (Wildman–Crippen MR) is 107 cm³/mol. The summed E-state index contributed by atoms with van der Waals surface area (Å²) < 4.78 is 40.6. The van der Waals surface area contributed by atoms with Gasteiger partial charge in [-0.1, -0.05) is 25.1 Å². The molecule has 6 nitrogen and oxygen atoms in total. The second-order valence-corrected chi connectivity index (χ2v) is 8.41. The number of carbonyl (C=O) groups excluding carboxylic acids is 1. The number of rotatable bonds is 9. The van der Waals surface area contributed by atoms with E-state index < -0.39 is 10.0 Å². The lowest BCUT2D eigenvalue weighted by Gasteiger charge is -2.25. The zero-order valence-corrected chi connectivity index (χ0v) is 17.2. The van der Waals surface area contributed by atoms with E-state index in [2.05, 4.69) is 4.72 Å². The molecule has 0 aliphatic carbocycles. The summed E-state index contributed by atoms with van der Waals surface area (Å²) in [7, 11) is 0.210. The van der Waals surface area contributed by atoms with Crippen molar-refractivity contribution >= 4 is 15.9 Å². The number of benzene rings is 2. The third-order valence-corrected chi connectivity index (χ3v) is 5.73. The van der Waals surface area contributed by atoms with Crippen LogP contribution in [0.1, 0.15) is 22.8 Å². The molecular formula is C20H26FN3O3S. The van der Waals surface area contributed by atoms with Crippen molar-refractivity contribution in [3.8, 4) is 0 Å². The highest BCUT2D eigenvalue weighted by Crippen LogP contribution is 2.15. The first kappa shape index (κ1) is 22.0. The van der Waals surface area contributed by atoms with E-state index in [0.29, 0.717) is 24.2 Å². The molecule has 8 heteroatoms. The topological polar surface area (TPSA) is 69.7 Å². The molecule has 0 heterocycles. The fourth-order valence-electron chi connectivity index (χ4n) is 2.64. The van der Waals surface area contributed by atoms with Crippen LogP contribution in [-0.2, 0) is 16.6 Å². The van der Waals surface area contributed by atoms with Crippen molar-refractivity contribution in [2.24, 2.45) is 0 Å². The fraction of sp³-hybridized carbons (Fsp3) is 0.350. The van der Waals surface area contributed by atoms with Crippen LogP contribution in [0.5, 0.6) is 0 Å². The summed E-state index contributed by atoms with van der Waals surface area (Å²) >= 11 is 0. The normalized spacial score (nSPS) is 11.6. The molecular weight excluding hydrogens is 381 g/mol. The van der Waals surface area contributed by atoms with Crippen molar-refractivity contribution in [1.82, 2.24) is 14.5 Å². The molecule has 2 aromatic rings. The molecule has 28 heavy (non-hydrogen) atoms. The zero-order valence-electron chi connectivity index (χ0n) is 16.4. The van der Waals surface area contributed by atoms with Crippen molar-refractivity contribution in [2.75, 3.05) is 33.7 Å². The van der Waals surface area contributed by atoms with Crippen LogP contribution in [0.25, 0.3) is 0 Å². The first-order valence-electron chi connectivity index (χ1n) is 9.01. The van der Waals surface area contributed by atoms with E-state index in [-0.39, 0.29) is 29.7 Å². The maximum absolute atomic E-state index is 14.0. The number of amides is 1. The summed E-state index contributed by atoms with van der Waals surface area (Å²) in [6.07, 6.45) is 0. The molecule has 0 radical (unpaired) electrons. The summed E-state index contributed by atoms with van der Waals surface area (Å²) in [5, 5.41) is 0. The van der Waals surface area contributed by atoms with E-state index in [9.17, 15) is 17.6 Å². The van der Waals surface area contributed by atoms with Gasteiger partial charge in [-0.25, -0.2) is 17.5 Å². The fourth-order valence-corrected chi connectivity index (χ4v) is 3.68. The van der Waals surface area contributed by atoms with Crippen LogP contribution in [0.4, 0.5) is 4.39 Å². The van der Waals surface area contributed by atoms with Gasteiger partial charge < -0.3 is 9.80 Å². The van der Waals surface area contributed by atoms with Gasteiger partial charge in [0.1, 0.15) is 5.82 Å². The van der Waals surface area contributed by atoms with Crippen LogP contribution in [0.2, 0.25) is 0 Å². The standard InChI is InChI=1S/C20H26FN3O3S/c1-4-22-28(26,27)18-11-9-16(10-12-18)20(25)24(14-13-23(2)3)15-17-7-5-6-8-19(17)21/h5-12,22H,4,13-15H2,1-3H3. The van der Waals surface area contributed by atoms with E-state index in [1.807, 2.05) is 19.0 Å². The Morgan fingerprint density at radius 2 is 1.68 bits per heavy atom. The van der Waals surface area contributed by atoms with Crippen molar-refractivity contribution in [3.05, 3.63) is 65.5 Å². The Labute approximate surface area is 166 Å². The first-order valence-corrected chi connectivity index (χ1v) is 10.5. The smallest absolute Gasteiger partial charge is 0.254 e. The number of carbonyl (C=O) groups is 1. The molecule has 0 fully saturated rings. The van der Waals surface area contributed by atoms with Crippen LogP contribution < -0.4 is 4.72 Å². The minimum absolute atomic E-state index is 0.0971. The molecule has 1 amide bonds. The SMILES string of the molecule is CCNS(=O)(=O)c1ccc(C(=O)N(CCN(C)C)Cc2ccccc2F)cc1. The molecule has 0 aliphatic rings. The van der Waals surface area contributed by atoms with Gasteiger partial charge in [-0.3, -0.25) is 4.79 Å². The lowest BCUT2D eigenvalue weighted by Crippen LogP contribution is -2.36. The predicted octanol–water partition coefficient (Wildman–Crippen LogP) is 2.33. The molecule has 0 atom stereocenters. The molecule has 0 saturated heterocycles. The van der Waals surface area contributed by atoms with Crippen LogP contribution >= 0.6 is 0 Å². The summed E-state index contributed by atoms with van der Waals surface area (Å²) in [5.41, 5.74) is 0.784. The Balaban J connectivity index is 2.25. The van der Waals surface area contributed by atoms with E-state index >= 15 is 0 Å². The Bertz CT molecular complexity index is 899. The average Bonchev–Trinajstić information content (AvgIpc) is 2.66. The molecule has 0 saturated carbocycles. The molecule has 0 aliphatic heterocycles. The summed E-state index contributed by atoms with van der Waals surface area (Å²) in [5.74, 6) is -0.644. The molecule has 2 rings (SSSR count). The number of likely N-dealkylation sites (N-methyl/N-ethyl adjacent to an activating group) is 1. The number of halogens is 1. The number of hydrogen-bond acceptors (Lipinski definition) is 4. The minimum Gasteiger partial charge on any atom is -0.333 e. The molecule has 0 spiro atoms. The first-order chi connectivity index (χ1) is 13.2. The highest BCUT2D eigenvalue weighted by atomic mass is 32.2. The Kier molecular flexibility index (Phi) is 7.68. The summed E-state index contributed by atoms with van der Waals surface area (Å²) in [6.45, 7) is 3.15. The Morgan fingerprint density at radius 3 is 2.25 bits per heavy atom. The highest BCUT2D eigenvalue weighted by molar-refractivity contribution is 7.89. The monoisotopic (exact) mass is 407 g/mol. The van der Waals surface area contributed by atoms with Gasteiger partial charge >= 0.3 is 0 Å². The summed E-state index contributed by atoms with van der Waals surface area (Å²) in [6, 6.07) is 12.1. The van der Waals surface area contributed by atoms with E-state index in [4.69, 9.17) is 0 Å². The van der Waals surface area contributed by atoms with Crippen molar-refractivity contribution in [1.29, 1.82) is 0 Å². The highest BCUT2D eigenvalue weighted by Gasteiger charge is 2.19. The van der Waals surface area contributed by atoms with Gasteiger partial charge in [0.05, 0.1) is 4.90 Å². The van der Waals surface area contributed by atoms with E-state index in [0.717, 1.165) is 0 Å². The van der Waals surface area contributed by atoms with Crippen LogP contribution in [-0.4, -0.2) is 57.9 Å². The largest absolute Gasteiger partial charge is 0.333 e. The van der Waals surface area contributed by atoms with Crippen molar-refractivity contribution < 1.29 is 17.6 Å². The molecule has 0 unspecified atom stereocenters. The third-order valence-electron chi connectivity index (χ3n) is 4.17. The van der Waals surface area contributed by atoms with Gasteiger partial charge in [0, 0.05) is 37.3 Å². The molecule has 0 bridgehead atoms. The Morgan fingerprint density at radius 1 is 1.04 bits per heavy atom. The maximum Gasteiger partial charge on any atom is 0.254 e. The number of nitrogens with one attached hydrogen (secondary N) is 1. The third kappa shape index (κ3) is 5.85. The van der Waals surface area contributed by atoms with E-state index in [1.54, 1.807) is 30.0 Å². The maximum atomic E-state index is 14.0. The number of sulfonamides is 1. The minimum atomic E-state index is -3.58. The van der Waals surface area contributed by atoms with Gasteiger partial charge in [0.15, 0.2) is 0 Å². The van der Waals surface area contributed by atoms with Crippen molar-refractivity contribution in [2.45, 2.75) is 18.4 Å². The van der Waals surface area contributed by atoms with Crippen LogP contribution in [0.3, 0.4) is 0 Å². The van der Waals surface area contributed by atoms with Crippen LogP contribution in [0.15, 0.2) is 53.4 Å². The lowest BCUT2D eigenvalue weighted by molar-refractivity contribution is 0.0730. The molecule has 2 aromatic carbocycles. The van der Waals surface area contributed by atoms with Gasteiger partial charge in [0.25, 0.3) is 5.91 Å². The van der Waals surface area contributed by atoms with Crippen molar-refractivity contribution in [3.63, 3.8) is 0 Å².